The molecular formula is C16H27Cl2N3O. The minimum Gasteiger partial charge on any atom is -0.352 e. The van der Waals surface area contributed by atoms with Crippen molar-refractivity contribution in [1.82, 2.24) is 10.2 Å². The largest absolute Gasteiger partial charge is 0.352 e. The molecule has 1 unspecified atom stereocenters. The van der Waals surface area contributed by atoms with Crippen molar-refractivity contribution in [3.8, 4) is 0 Å². The summed E-state index contributed by atoms with van der Waals surface area (Å²) in [7, 11) is 0. The number of carbonyl (C=O) groups is 1. The van der Waals surface area contributed by atoms with Crippen molar-refractivity contribution in [2.45, 2.75) is 38.3 Å². The number of amides is 1. The second-order valence-electron chi connectivity index (χ2n) is 5.51. The van der Waals surface area contributed by atoms with Crippen LogP contribution in [0.2, 0.25) is 0 Å². The smallest absolute Gasteiger partial charge is 0.241 e. The first-order chi connectivity index (χ1) is 9.70. The minimum absolute atomic E-state index is 0. The van der Waals surface area contributed by atoms with Gasteiger partial charge in [-0.1, -0.05) is 37.3 Å². The molecule has 1 amide bonds. The Hall–Kier alpha value is -0.810. The highest BCUT2D eigenvalue weighted by Crippen LogP contribution is 2.14. The summed E-state index contributed by atoms with van der Waals surface area (Å²) < 4.78 is 0. The average Bonchev–Trinajstić information content (AvgIpc) is 2.49. The zero-order valence-corrected chi connectivity index (χ0v) is 14.7. The van der Waals surface area contributed by atoms with E-state index in [2.05, 4.69) is 17.1 Å². The van der Waals surface area contributed by atoms with E-state index in [-0.39, 0.29) is 36.8 Å². The van der Waals surface area contributed by atoms with Crippen LogP contribution in [0.3, 0.4) is 0 Å². The number of halogens is 2. The van der Waals surface area contributed by atoms with Gasteiger partial charge in [0.2, 0.25) is 5.91 Å². The molecular weight excluding hydrogens is 321 g/mol. The van der Waals surface area contributed by atoms with E-state index in [0.717, 1.165) is 38.0 Å². The highest BCUT2D eigenvalue weighted by Gasteiger charge is 2.23. The summed E-state index contributed by atoms with van der Waals surface area (Å²) in [4.78, 5) is 14.6. The number of carbonyl (C=O) groups excluding carboxylic acids is 1. The third kappa shape index (κ3) is 6.13. The topological polar surface area (TPSA) is 58.4 Å². The van der Waals surface area contributed by atoms with Crippen molar-refractivity contribution in [2.24, 2.45) is 5.73 Å². The molecule has 1 fully saturated rings. The van der Waals surface area contributed by atoms with E-state index in [9.17, 15) is 4.79 Å². The lowest BCUT2D eigenvalue weighted by Gasteiger charge is -2.32. The molecule has 1 aromatic rings. The Balaban J connectivity index is 0.00000220. The predicted octanol–water partition coefficient (Wildman–Crippen LogP) is 2.52. The van der Waals surface area contributed by atoms with Crippen molar-refractivity contribution in [3.05, 3.63) is 35.9 Å². The van der Waals surface area contributed by atoms with Crippen LogP contribution in [0.4, 0.5) is 0 Å². The van der Waals surface area contributed by atoms with Gasteiger partial charge in [0, 0.05) is 19.1 Å². The third-order valence-electron chi connectivity index (χ3n) is 3.91. The fourth-order valence-electron chi connectivity index (χ4n) is 2.72. The van der Waals surface area contributed by atoms with Gasteiger partial charge in [0.25, 0.3) is 0 Å². The number of piperidine rings is 1. The van der Waals surface area contributed by atoms with Gasteiger partial charge < -0.3 is 16.0 Å². The number of benzene rings is 1. The van der Waals surface area contributed by atoms with Crippen molar-refractivity contribution in [3.63, 3.8) is 0 Å². The van der Waals surface area contributed by atoms with Gasteiger partial charge >= 0.3 is 0 Å². The maximum absolute atomic E-state index is 12.2. The Bertz CT molecular complexity index is 423. The molecule has 1 aliphatic rings. The summed E-state index contributed by atoms with van der Waals surface area (Å²) in [6.45, 7) is 5.50. The molecule has 0 aliphatic carbocycles. The van der Waals surface area contributed by atoms with Crippen LogP contribution in [0.25, 0.3) is 0 Å². The Morgan fingerprint density at radius 2 is 1.86 bits per heavy atom. The van der Waals surface area contributed by atoms with Gasteiger partial charge in [0.1, 0.15) is 6.04 Å². The highest BCUT2D eigenvalue weighted by molar-refractivity contribution is 5.85. The standard InChI is InChI=1S/C16H25N3O.2ClH/c1-2-10-19-11-8-14(9-12-19)18-16(20)15(17)13-6-4-3-5-7-13;;/h3-7,14-15H,2,8-12,17H2,1H3,(H,18,20);2*1H. The maximum atomic E-state index is 12.2. The third-order valence-corrected chi connectivity index (χ3v) is 3.91. The van der Waals surface area contributed by atoms with Crippen molar-refractivity contribution in [1.29, 1.82) is 0 Å². The first kappa shape index (κ1) is 21.2. The van der Waals surface area contributed by atoms with Crippen molar-refractivity contribution in [2.75, 3.05) is 19.6 Å². The van der Waals surface area contributed by atoms with Gasteiger partial charge in [-0.3, -0.25) is 4.79 Å². The molecule has 1 aromatic carbocycles. The molecule has 0 radical (unpaired) electrons. The van der Waals surface area contributed by atoms with E-state index in [1.807, 2.05) is 30.3 Å². The normalized spacial score (nSPS) is 17.0. The van der Waals surface area contributed by atoms with Gasteiger partial charge in [0.15, 0.2) is 0 Å². The van der Waals surface area contributed by atoms with Crippen LogP contribution in [-0.4, -0.2) is 36.5 Å². The Kier molecular flexibility index (Phi) is 10.4. The summed E-state index contributed by atoms with van der Waals surface area (Å²) in [5, 5.41) is 3.09. The number of nitrogens with zero attached hydrogens (tertiary/aromatic N) is 1. The Labute approximate surface area is 145 Å². The number of hydrogen-bond acceptors (Lipinski definition) is 3. The molecule has 3 N–H and O–H groups in total. The first-order valence-electron chi connectivity index (χ1n) is 7.54. The molecule has 0 spiro atoms. The second-order valence-corrected chi connectivity index (χ2v) is 5.51. The van der Waals surface area contributed by atoms with Crippen LogP contribution in [0.5, 0.6) is 0 Å². The summed E-state index contributed by atoms with van der Waals surface area (Å²) in [5.74, 6) is -0.0647. The van der Waals surface area contributed by atoms with E-state index in [0.29, 0.717) is 0 Å². The lowest BCUT2D eigenvalue weighted by atomic mass is 10.0. The van der Waals surface area contributed by atoms with Gasteiger partial charge in [-0.05, 0) is 31.4 Å². The summed E-state index contributed by atoms with van der Waals surface area (Å²) in [6.07, 6.45) is 3.23. The van der Waals surface area contributed by atoms with Crippen LogP contribution in [0.15, 0.2) is 30.3 Å². The summed E-state index contributed by atoms with van der Waals surface area (Å²) >= 11 is 0. The average molecular weight is 348 g/mol. The van der Waals surface area contributed by atoms with Crippen molar-refractivity contribution < 1.29 is 4.79 Å². The van der Waals surface area contributed by atoms with Gasteiger partial charge in [-0.15, -0.1) is 24.8 Å². The van der Waals surface area contributed by atoms with Crippen LogP contribution in [-0.2, 0) is 4.79 Å². The molecule has 22 heavy (non-hydrogen) atoms. The number of nitrogens with one attached hydrogen (secondary N) is 1. The maximum Gasteiger partial charge on any atom is 0.241 e. The zero-order valence-electron chi connectivity index (χ0n) is 13.0. The fourth-order valence-corrected chi connectivity index (χ4v) is 2.72. The summed E-state index contributed by atoms with van der Waals surface area (Å²) in [6, 6.07) is 9.24. The molecule has 1 atom stereocenters. The van der Waals surface area contributed by atoms with Crippen LogP contribution >= 0.6 is 24.8 Å². The number of hydrogen-bond donors (Lipinski definition) is 2. The quantitative estimate of drug-likeness (QED) is 0.860. The molecule has 126 valence electrons. The van der Waals surface area contributed by atoms with Crippen molar-refractivity contribution >= 4 is 30.7 Å². The number of likely N-dealkylation sites (tertiary alicyclic amines) is 1. The van der Waals surface area contributed by atoms with Crippen LogP contribution < -0.4 is 11.1 Å². The first-order valence-corrected chi connectivity index (χ1v) is 7.54. The van der Waals surface area contributed by atoms with E-state index < -0.39 is 6.04 Å². The fraction of sp³-hybridized carbons (Fsp3) is 0.562. The second kappa shape index (κ2) is 10.8. The molecule has 1 aliphatic heterocycles. The Morgan fingerprint density at radius 3 is 2.41 bits per heavy atom. The number of nitrogens with two attached hydrogens (primary N) is 1. The van der Waals surface area contributed by atoms with Crippen LogP contribution in [0, 0.1) is 0 Å². The van der Waals surface area contributed by atoms with E-state index in [4.69, 9.17) is 5.73 Å². The molecule has 6 heteroatoms. The van der Waals surface area contributed by atoms with Gasteiger partial charge in [-0.2, -0.15) is 0 Å². The van der Waals surface area contributed by atoms with Crippen LogP contribution in [0.1, 0.15) is 37.8 Å². The zero-order chi connectivity index (χ0) is 14.4. The molecule has 1 heterocycles. The van der Waals surface area contributed by atoms with E-state index >= 15 is 0 Å². The molecule has 0 aromatic heterocycles. The highest BCUT2D eigenvalue weighted by atomic mass is 35.5. The molecule has 2 rings (SSSR count). The predicted molar refractivity (Wildman–Crippen MR) is 95.8 cm³/mol. The molecule has 4 nitrogen and oxygen atoms in total. The monoisotopic (exact) mass is 347 g/mol. The molecule has 1 saturated heterocycles. The SMILES string of the molecule is CCCN1CCC(NC(=O)C(N)c2ccccc2)CC1.Cl.Cl. The van der Waals surface area contributed by atoms with E-state index in [1.165, 1.54) is 6.42 Å². The number of rotatable bonds is 5. The Morgan fingerprint density at radius 1 is 1.27 bits per heavy atom. The van der Waals surface area contributed by atoms with E-state index in [1.54, 1.807) is 0 Å². The van der Waals surface area contributed by atoms with Gasteiger partial charge in [0.05, 0.1) is 0 Å². The van der Waals surface area contributed by atoms with Gasteiger partial charge in [-0.25, -0.2) is 0 Å². The molecule has 0 bridgehead atoms. The summed E-state index contributed by atoms with van der Waals surface area (Å²) in [5.41, 5.74) is 6.88. The molecule has 0 saturated carbocycles. The minimum atomic E-state index is -0.565. The lowest BCUT2D eigenvalue weighted by molar-refractivity contribution is -0.123. The lowest BCUT2D eigenvalue weighted by Crippen LogP contribution is -2.47.